The van der Waals surface area contributed by atoms with E-state index >= 15 is 0 Å². The van der Waals surface area contributed by atoms with Crippen LogP contribution in [0.2, 0.25) is 0 Å². The smallest absolute Gasteiger partial charge is 0.255 e. The largest absolute Gasteiger partial charge is 0.355 e. The van der Waals surface area contributed by atoms with Crippen molar-refractivity contribution in [3.05, 3.63) is 28.5 Å². The predicted octanol–water partition coefficient (Wildman–Crippen LogP) is 1.61. The average molecular weight is 428 g/mol. The van der Waals surface area contributed by atoms with E-state index in [1.54, 1.807) is 23.4 Å². The quantitative estimate of drug-likeness (QED) is 0.763. The van der Waals surface area contributed by atoms with Gasteiger partial charge in [0.25, 0.3) is 5.91 Å². The number of halogens is 3. The van der Waals surface area contributed by atoms with Gasteiger partial charge >= 0.3 is 0 Å². The Kier molecular flexibility index (Phi) is 10.4. The molecule has 1 unspecified atom stereocenters. The average Bonchev–Trinajstić information content (AvgIpc) is 2.52. The van der Waals surface area contributed by atoms with E-state index in [0.29, 0.717) is 31.7 Å². The summed E-state index contributed by atoms with van der Waals surface area (Å²) >= 11 is 3.31. The van der Waals surface area contributed by atoms with E-state index < -0.39 is 0 Å². The van der Waals surface area contributed by atoms with E-state index in [4.69, 9.17) is 5.73 Å². The van der Waals surface area contributed by atoms with E-state index in [1.165, 1.54) is 0 Å². The van der Waals surface area contributed by atoms with Crippen molar-refractivity contribution >= 4 is 52.6 Å². The molecule has 1 aliphatic heterocycles. The topological polar surface area (TPSA) is 88.3 Å². The second-order valence-corrected chi connectivity index (χ2v) is 5.98. The van der Waals surface area contributed by atoms with Crippen molar-refractivity contribution in [3.63, 3.8) is 0 Å². The van der Waals surface area contributed by atoms with Crippen molar-refractivity contribution < 1.29 is 9.59 Å². The van der Waals surface area contributed by atoms with Crippen LogP contribution in [0.5, 0.6) is 0 Å². The third-order valence-electron chi connectivity index (χ3n) is 3.47. The molecule has 130 valence electrons. The van der Waals surface area contributed by atoms with E-state index in [1.807, 2.05) is 0 Å². The van der Waals surface area contributed by atoms with Gasteiger partial charge in [-0.05, 0) is 34.8 Å². The molecular weight excluding hydrogens is 407 g/mol. The highest BCUT2D eigenvalue weighted by Crippen LogP contribution is 2.19. The van der Waals surface area contributed by atoms with Crippen molar-refractivity contribution in [1.29, 1.82) is 0 Å². The molecule has 0 bridgehead atoms. The van der Waals surface area contributed by atoms with Crippen LogP contribution in [0.15, 0.2) is 22.9 Å². The highest BCUT2D eigenvalue weighted by atomic mass is 79.9. The summed E-state index contributed by atoms with van der Waals surface area (Å²) in [6.07, 6.45) is 4.81. The number of pyridine rings is 1. The number of aromatic nitrogens is 1. The molecule has 0 aromatic carbocycles. The summed E-state index contributed by atoms with van der Waals surface area (Å²) in [4.78, 5) is 30.2. The maximum Gasteiger partial charge on any atom is 0.255 e. The van der Waals surface area contributed by atoms with Crippen LogP contribution in [-0.2, 0) is 4.79 Å². The first-order valence-electron chi connectivity index (χ1n) is 6.99. The minimum atomic E-state index is -0.158. The second-order valence-electron chi connectivity index (χ2n) is 5.06. The summed E-state index contributed by atoms with van der Waals surface area (Å²) in [6, 6.07) is 1.74. The molecule has 9 heteroatoms. The van der Waals surface area contributed by atoms with Gasteiger partial charge in [-0.1, -0.05) is 0 Å². The number of nitrogens with zero attached hydrogens (tertiary/aromatic N) is 2. The van der Waals surface area contributed by atoms with Gasteiger partial charge in [0, 0.05) is 43.0 Å². The summed E-state index contributed by atoms with van der Waals surface area (Å²) in [6.45, 7) is 2.01. The van der Waals surface area contributed by atoms with Crippen LogP contribution in [0.25, 0.3) is 0 Å². The van der Waals surface area contributed by atoms with Gasteiger partial charge < -0.3 is 16.0 Å². The number of nitrogens with one attached hydrogen (secondary N) is 1. The Morgan fingerprint density at radius 3 is 2.78 bits per heavy atom. The number of carbonyl (C=O) groups excluding carboxylic acids is 2. The summed E-state index contributed by atoms with van der Waals surface area (Å²) in [7, 11) is 0. The molecule has 2 rings (SSSR count). The predicted molar refractivity (Wildman–Crippen MR) is 97.1 cm³/mol. The molecule has 0 saturated carbocycles. The van der Waals surface area contributed by atoms with Crippen LogP contribution in [0.4, 0.5) is 0 Å². The van der Waals surface area contributed by atoms with Gasteiger partial charge in [-0.15, -0.1) is 24.8 Å². The molecule has 2 heterocycles. The number of rotatable bonds is 4. The van der Waals surface area contributed by atoms with Gasteiger partial charge in [-0.3, -0.25) is 14.6 Å². The maximum atomic E-state index is 12.4. The molecule has 1 fully saturated rings. The lowest BCUT2D eigenvalue weighted by Crippen LogP contribution is -2.46. The third kappa shape index (κ3) is 6.25. The zero-order valence-electron chi connectivity index (χ0n) is 12.5. The summed E-state index contributed by atoms with van der Waals surface area (Å²) in [5.41, 5.74) is 5.92. The fraction of sp³-hybridized carbons (Fsp3) is 0.500. The summed E-state index contributed by atoms with van der Waals surface area (Å²) < 4.78 is 0.766. The lowest BCUT2D eigenvalue weighted by Gasteiger charge is -2.32. The Morgan fingerprint density at radius 2 is 2.13 bits per heavy atom. The van der Waals surface area contributed by atoms with Gasteiger partial charge in [0.15, 0.2) is 0 Å². The van der Waals surface area contributed by atoms with Crippen molar-refractivity contribution in [2.75, 3.05) is 26.2 Å². The highest BCUT2D eigenvalue weighted by Gasteiger charge is 2.28. The Bertz CT molecular complexity index is 533. The van der Waals surface area contributed by atoms with Crippen LogP contribution in [0, 0.1) is 5.92 Å². The van der Waals surface area contributed by atoms with Gasteiger partial charge in [0.05, 0.1) is 11.5 Å². The number of amides is 2. The molecule has 1 atom stereocenters. The number of carbonyl (C=O) groups is 2. The van der Waals surface area contributed by atoms with Gasteiger partial charge in [0.2, 0.25) is 5.91 Å². The Morgan fingerprint density at radius 1 is 1.39 bits per heavy atom. The summed E-state index contributed by atoms with van der Waals surface area (Å²) in [5.74, 6) is -0.264. The normalized spacial score (nSPS) is 16.8. The number of nitrogens with two attached hydrogens (primary N) is 1. The van der Waals surface area contributed by atoms with E-state index in [9.17, 15) is 9.59 Å². The molecule has 1 aromatic heterocycles. The zero-order valence-corrected chi connectivity index (χ0v) is 15.8. The molecule has 0 spiro atoms. The van der Waals surface area contributed by atoms with Crippen LogP contribution >= 0.6 is 40.7 Å². The fourth-order valence-electron chi connectivity index (χ4n) is 2.43. The maximum absolute atomic E-state index is 12.4. The molecule has 1 aromatic rings. The van der Waals surface area contributed by atoms with Crippen LogP contribution in [0.1, 0.15) is 23.2 Å². The zero-order chi connectivity index (χ0) is 15.2. The van der Waals surface area contributed by atoms with Crippen molar-refractivity contribution in [2.45, 2.75) is 12.8 Å². The first-order chi connectivity index (χ1) is 10.1. The summed E-state index contributed by atoms with van der Waals surface area (Å²) in [5, 5.41) is 2.79. The first-order valence-corrected chi connectivity index (χ1v) is 7.78. The number of hydrogen-bond acceptors (Lipinski definition) is 4. The molecule has 1 aliphatic rings. The number of likely N-dealkylation sites (tertiary alicyclic amines) is 1. The van der Waals surface area contributed by atoms with E-state index in [0.717, 1.165) is 17.3 Å². The third-order valence-corrected chi connectivity index (χ3v) is 3.91. The molecule has 23 heavy (non-hydrogen) atoms. The number of piperidine rings is 1. The SMILES string of the molecule is Cl.Cl.NCCNC(=O)C1CCCN(C(=O)c2cncc(Br)c2)C1. The highest BCUT2D eigenvalue weighted by molar-refractivity contribution is 9.10. The Balaban J connectivity index is 0.00000242. The molecule has 0 aliphatic carbocycles. The van der Waals surface area contributed by atoms with Crippen molar-refractivity contribution in [3.8, 4) is 0 Å². The van der Waals surface area contributed by atoms with Gasteiger partial charge in [-0.25, -0.2) is 0 Å². The van der Waals surface area contributed by atoms with E-state index in [-0.39, 0.29) is 42.5 Å². The van der Waals surface area contributed by atoms with Crippen molar-refractivity contribution in [1.82, 2.24) is 15.2 Å². The van der Waals surface area contributed by atoms with Crippen LogP contribution in [-0.4, -0.2) is 47.9 Å². The second kappa shape index (κ2) is 10.8. The van der Waals surface area contributed by atoms with E-state index in [2.05, 4.69) is 26.2 Å². The van der Waals surface area contributed by atoms with Gasteiger partial charge in [-0.2, -0.15) is 0 Å². The first kappa shape index (κ1) is 22.1. The lowest BCUT2D eigenvalue weighted by molar-refractivity contribution is -0.126. The van der Waals surface area contributed by atoms with Crippen LogP contribution in [0.3, 0.4) is 0 Å². The molecular formula is C14H21BrCl2N4O2. The van der Waals surface area contributed by atoms with Crippen LogP contribution < -0.4 is 11.1 Å². The monoisotopic (exact) mass is 426 g/mol. The van der Waals surface area contributed by atoms with Gasteiger partial charge in [0.1, 0.15) is 0 Å². The molecule has 1 saturated heterocycles. The molecule has 3 N–H and O–H groups in total. The minimum absolute atomic E-state index is 0. The minimum Gasteiger partial charge on any atom is -0.355 e. The molecule has 2 amide bonds. The Labute approximate surface area is 156 Å². The van der Waals surface area contributed by atoms with Crippen molar-refractivity contribution in [2.24, 2.45) is 11.7 Å². The Hall–Kier alpha value is -0.890. The molecule has 0 radical (unpaired) electrons. The lowest BCUT2D eigenvalue weighted by atomic mass is 9.96. The molecule has 6 nitrogen and oxygen atoms in total. The standard InChI is InChI=1S/C14H19BrN4O2.2ClH/c15-12-6-11(7-17-8-12)14(21)19-5-1-2-10(9-19)13(20)18-4-3-16;;/h6-8,10H,1-5,9,16H2,(H,18,20);2*1H. The number of hydrogen-bond donors (Lipinski definition) is 2. The fourth-order valence-corrected chi connectivity index (χ4v) is 2.79.